The van der Waals surface area contributed by atoms with Crippen LogP contribution in [0.25, 0.3) is 17.1 Å². The van der Waals surface area contributed by atoms with Crippen LogP contribution in [-0.4, -0.2) is 26.4 Å². The van der Waals surface area contributed by atoms with E-state index in [0.29, 0.717) is 16.0 Å². The molecule has 1 heterocycles. The molecule has 1 N–H and O–H groups in total. The fourth-order valence-electron chi connectivity index (χ4n) is 3.14. The van der Waals surface area contributed by atoms with Crippen molar-refractivity contribution in [2.45, 2.75) is 19.0 Å². The highest BCUT2D eigenvalue weighted by Gasteiger charge is 2.19. The molecule has 3 aromatic carbocycles. The molecule has 0 unspecified atom stereocenters. The second-order valence-corrected chi connectivity index (χ2v) is 9.48. The number of hydrogen-bond acceptors (Lipinski definition) is 4. The zero-order chi connectivity index (χ0) is 22.7. The van der Waals surface area contributed by atoms with E-state index in [4.69, 9.17) is 11.6 Å². The van der Waals surface area contributed by atoms with E-state index in [-0.39, 0.29) is 11.7 Å². The van der Waals surface area contributed by atoms with E-state index in [1.54, 1.807) is 0 Å². The molecule has 0 aliphatic carbocycles. The highest BCUT2D eigenvalue weighted by atomic mass is 79.9. The SMILES string of the molecule is Cc1ccc(-n2c(SCC(=O)Nc3ccc(C)cc3Br)nnc2-c2ccccc2Cl)cc1. The average molecular weight is 528 g/mol. The summed E-state index contributed by atoms with van der Waals surface area (Å²) in [6.45, 7) is 4.04. The monoisotopic (exact) mass is 526 g/mol. The number of benzene rings is 3. The van der Waals surface area contributed by atoms with E-state index in [1.807, 2.05) is 85.1 Å². The number of aryl methyl sites for hydroxylation is 2. The van der Waals surface area contributed by atoms with Crippen LogP contribution in [0, 0.1) is 13.8 Å². The summed E-state index contributed by atoms with van der Waals surface area (Å²) < 4.78 is 2.78. The van der Waals surface area contributed by atoms with Crippen molar-refractivity contribution in [2.24, 2.45) is 0 Å². The Kier molecular flexibility index (Phi) is 6.98. The smallest absolute Gasteiger partial charge is 0.234 e. The summed E-state index contributed by atoms with van der Waals surface area (Å²) in [4.78, 5) is 12.6. The summed E-state index contributed by atoms with van der Waals surface area (Å²) in [5.41, 5.74) is 4.68. The van der Waals surface area contributed by atoms with Gasteiger partial charge in [0.2, 0.25) is 5.91 Å². The molecule has 0 saturated heterocycles. The summed E-state index contributed by atoms with van der Waals surface area (Å²) in [6, 6.07) is 21.4. The number of thioether (sulfide) groups is 1. The Morgan fingerprint density at radius 3 is 2.47 bits per heavy atom. The number of rotatable bonds is 6. The summed E-state index contributed by atoms with van der Waals surface area (Å²) in [5.74, 6) is 0.688. The number of anilines is 1. The summed E-state index contributed by atoms with van der Waals surface area (Å²) in [7, 11) is 0. The Hall–Kier alpha value is -2.61. The highest BCUT2D eigenvalue weighted by molar-refractivity contribution is 9.10. The Morgan fingerprint density at radius 1 is 1.03 bits per heavy atom. The largest absolute Gasteiger partial charge is 0.324 e. The van der Waals surface area contributed by atoms with E-state index in [1.165, 1.54) is 11.8 Å². The van der Waals surface area contributed by atoms with Gasteiger partial charge >= 0.3 is 0 Å². The van der Waals surface area contributed by atoms with Crippen molar-refractivity contribution in [3.05, 3.63) is 87.4 Å². The number of carbonyl (C=O) groups excluding carboxylic acids is 1. The molecule has 8 heteroatoms. The fraction of sp³-hybridized carbons (Fsp3) is 0.125. The first-order valence-corrected chi connectivity index (χ1v) is 12.0. The molecule has 1 aromatic heterocycles. The van der Waals surface area contributed by atoms with E-state index in [2.05, 4.69) is 31.4 Å². The third-order valence-corrected chi connectivity index (χ3v) is 6.69. The Balaban J connectivity index is 1.61. The number of nitrogens with zero attached hydrogens (tertiary/aromatic N) is 3. The minimum absolute atomic E-state index is 0.127. The van der Waals surface area contributed by atoms with Gasteiger partial charge in [0, 0.05) is 15.7 Å². The quantitative estimate of drug-likeness (QED) is 0.284. The van der Waals surface area contributed by atoms with Gasteiger partial charge in [-0.15, -0.1) is 10.2 Å². The summed E-state index contributed by atoms with van der Waals surface area (Å²) in [5, 5.41) is 12.9. The zero-order valence-corrected chi connectivity index (χ0v) is 20.6. The minimum Gasteiger partial charge on any atom is -0.324 e. The molecule has 4 rings (SSSR count). The van der Waals surface area contributed by atoms with Crippen LogP contribution in [0.5, 0.6) is 0 Å². The van der Waals surface area contributed by atoms with Gasteiger partial charge in [0.15, 0.2) is 11.0 Å². The van der Waals surface area contributed by atoms with Gasteiger partial charge in [0.05, 0.1) is 16.5 Å². The van der Waals surface area contributed by atoms with Crippen molar-refractivity contribution >= 4 is 50.9 Å². The molecule has 0 spiro atoms. The maximum absolute atomic E-state index is 12.6. The normalized spacial score (nSPS) is 10.9. The topological polar surface area (TPSA) is 59.8 Å². The van der Waals surface area contributed by atoms with Crippen LogP contribution in [0.4, 0.5) is 5.69 Å². The van der Waals surface area contributed by atoms with Crippen LogP contribution in [-0.2, 0) is 4.79 Å². The van der Waals surface area contributed by atoms with Gasteiger partial charge in [0.1, 0.15) is 0 Å². The van der Waals surface area contributed by atoms with Gasteiger partial charge < -0.3 is 5.32 Å². The number of nitrogens with one attached hydrogen (secondary N) is 1. The van der Waals surface area contributed by atoms with Gasteiger partial charge in [0.25, 0.3) is 0 Å². The molecular formula is C24H20BrClN4OS. The fourth-order valence-corrected chi connectivity index (χ4v) is 4.71. The molecule has 0 radical (unpaired) electrons. The van der Waals surface area contributed by atoms with Crippen LogP contribution >= 0.6 is 39.3 Å². The van der Waals surface area contributed by atoms with Crippen molar-refractivity contribution in [2.75, 3.05) is 11.1 Å². The van der Waals surface area contributed by atoms with Gasteiger partial charge in [-0.3, -0.25) is 9.36 Å². The Labute approximate surface area is 204 Å². The number of hydrogen-bond donors (Lipinski definition) is 1. The lowest BCUT2D eigenvalue weighted by Crippen LogP contribution is -2.15. The lowest BCUT2D eigenvalue weighted by atomic mass is 10.2. The van der Waals surface area contributed by atoms with E-state index in [9.17, 15) is 4.79 Å². The molecule has 0 aliphatic heterocycles. The van der Waals surface area contributed by atoms with Crippen molar-refractivity contribution in [1.29, 1.82) is 0 Å². The number of amides is 1. The predicted molar refractivity (Wildman–Crippen MR) is 135 cm³/mol. The molecule has 1 amide bonds. The predicted octanol–water partition coefficient (Wildman–Crippen LogP) is 6.70. The highest BCUT2D eigenvalue weighted by Crippen LogP contribution is 2.32. The van der Waals surface area contributed by atoms with Crippen molar-refractivity contribution in [3.63, 3.8) is 0 Å². The van der Waals surface area contributed by atoms with Crippen LogP contribution in [0.1, 0.15) is 11.1 Å². The zero-order valence-electron chi connectivity index (χ0n) is 17.5. The maximum atomic E-state index is 12.6. The molecule has 0 bridgehead atoms. The molecule has 4 aromatic rings. The first kappa shape index (κ1) is 22.6. The molecule has 0 aliphatic rings. The Morgan fingerprint density at radius 2 is 1.75 bits per heavy atom. The summed E-state index contributed by atoms with van der Waals surface area (Å²) >= 11 is 11.3. The molecular weight excluding hydrogens is 508 g/mol. The van der Waals surface area contributed by atoms with E-state index >= 15 is 0 Å². The number of aromatic nitrogens is 3. The second kappa shape index (κ2) is 9.90. The minimum atomic E-state index is -0.127. The molecule has 162 valence electrons. The van der Waals surface area contributed by atoms with Crippen LogP contribution in [0.15, 0.2) is 76.4 Å². The van der Waals surface area contributed by atoms with Crippen molar-refractivity contribution < 1.29 is 4.79 Å². The van der Waals surface area contributed by atoms with Crippen LogP contribution in [0.2, 0.25) is 5.02 Å². The first-order chi connectivity index (χ1) is 15.4. The van der Waals surface area contributed by atoms with Crippen molar-refractivity contribution in [3.8, 4) is 17.1 Å². The molecule has 0 saturated carbocycles. The maximum Gasteiger partial charge on any atom is 0.234 e. The third kappa shape index (κ3) is 5.06. The van der Waals surface area contributed by atoms with Crippen molar-refractivity contribution in [1.82, 2.24) is 14.8 Å². The first-order valence-electron chi connectivity index (χ1n) is 9.88. The lowest BCUT2D eigenvalue weighted by Gasteiger charge is -2.12. The molecule has 0 fully saturated rings. The van der Waals surface area contributed by atoms with Gasteiger partial charge in [-0.05, 0) is 71.7 Å². The molecule has 0 atom stereocenters. The number of halogens is 2. The van der Waals surface area contributed by atoms with Crippen LogP contribution in [0.3, 0.4) is 0 Å². The van der Waals surface area contributed by atoms with E-state index < -0.39 is 0 Å². The Bertz CT molecular complexity index is 1270. The summed E-state index contributed by atoms with van der Waals surface area (Å²) in [6.07, 6.45) is 0. The van der Waals surface area contributed by atoms with Gasteiger partial charge in [-0.1, -0.05) is 59.3 Å². The molecule has 32 heavy (non-hydrogen) atoms. The van der Waals surface area contributed by atoms with E-state index in [0.717, 1.165) is 32.5 Å². The standard InChI is InChI=1S/C24H20BrClN4OS/c1-15-7-10-17(11-8-15)30-23(18-5-3-4-6-20(18)26)28-29-24(30)32-14-22(31)27-21-12-9-16(2)13-19(21)25/h3-13H,14H2,1-2H3,(H,27,31). The molecule has 5 nitrogen and oxygen atoms in total. The second-order valence-electron chi connectivity index (χ2n) is 7.28. The van der Waals surface area contributed by atoms with Crippen LogP contribution < -0.4 is 5.32 Å². The third-order valence-electron chi connectivity index (χ3n) is 4.77. The lowest BCUT2D eigenvalue weighted by molar-refractivity contribution is -0.113. The number of carbonyl (C=O) groups is 1. The van der Waals surface area contributed by atoms with Gasteiger partial charge in [-0.25, -0.2) is 0 Å². The average Bonchev–Trinajstić information content (AvgIpc) is 3.19. The van der Waals surface area contributed by atoms with Gasteiger partial charge in [-0.2, -0.15) is 0 Å².